The Balaban J connectivity index is 1.55. The first-order chi connectivity index (χ1) is 20.7. The van der Waals surface area contributed by atoms with E-state index in [0.717, 1.165) is 0 Å². The van der Waals surface area contributed by atoms with Crippen molar-refractivity contribution in [3.8, 4) is 0 Å². The third-order valence-electron chi connectivity index (χ3n) is 6.63. The molecule has 1 aromatic heterocycles. The Hall–Kier alpha value is -5.69. The van der Waals surface area contributed by atoms with Gasteiger partial charge in [-0.15, -0.1) is 0 Å². The predicted octanol–water partition coefficient (Wildman–Crippen LogP) is 1.91. The van der Waals surface area contributed by atoms with Gasteiger partial charge >= 0.3 is 23.6 Å². The number of ether oxygens (including phenoxy) is 4. The highest BCUT2D eigenvalue weighted by atomic mass is 16.7. The Morgan fingerprint density at radius 1 is 0.721 bits per heavy atom. The quantitative estimate of drug-likeness (QED) is 0.202. The molecule has 13 nitrogen and oxygen atoms in total. The summed E-state index contributed by atoms with van der Waals surface area (Å²) in [5, 5.41) is 0. The molecule has 1 saturated heterocycles. The van der Waals surface area contributed by atoms with Gasteiger partial charge in [0.2, 0.25) is 0 Å². The van der Waals surface area contributed by atoms with Gasteiger partial charge in [-0.2, -0.15) is 0 Å². The van der Waals surface area contributed by atoms with Crippen molar-refractivity contribution in [2.24, 2.45) is 0 Å². The van der Waals surface area contributed by atoms with Gasteiger partial charge in [0.15, 0.2) is 18.4 Å². The monoisotopic (exact) mass is 586 g/mol. The lowest BCUT2D eigenvalue weighted by atomic mass is 10.1. The summed E-state index contributed by atoms with van der Waals surface area (Å²) >= 11 is 0. The highest BCUT2D eigenvalue weighted by Crippen LogP contribution is 2.34. The van der Waals surface area contributed by atoms with E-state index in [1.165, 1.54) is 36.4 Å². The summed E-state index contributed by atoms with van der Waals surface area (Å²) in [6.07, 6.45) is -6.01. The number of hydrogen-bond acceptors (Lipinski definition) is 11. The van der Waals surface area contributed by atoms with E-state index < -0.39 is 66.0 Å². The molecule has 1 aliphatic rings. The molecule has 2 heterocycles. The fourth-order valence-electron chi connectivity index (χ4n) is 4.48. The molecule has 0 spiro atoms. The van der Waals surface area contributed by atoms with Crippen LogP contribution in [0.15, 0.2) is 101 Å². The number of rotatable bonds is 8. The summed E-state index contributed by atoms with van der Waals surface area (Å²) in [7, 11) is 0. The van der Waals surface area contributed by atoms with E-state index in [9.17, 15) is 24.0 Å². The molecule has 0 saturated carbocycles. The number of aromatic nitrogens is 2. The van der Waals surface area contributed by atoms with Crippen molar-refractivity contribution in [3.05, 3.63) is 129 Å². The third-order valence-corrected chi connectivity index (χ3v) is 6.63. The Morgan fingerprint density at radius 2 is 1.19 bits per heavy atom. The SMILES string of the molecule is Nc1[nH]c(=O)n(C2OC(COC(=O)c3ccccc3)C(OC(=O)c3ccccc3)C2OC(=O)c2ccccc2)c(=O)c1N. The highest BCUT2D eigenvalue weighted by molar-refractivity contribution is 5.91. The number of carbonyl (C=O) groups excluding carboxylic acids is 3. The van der Waals surface area contributed by atoms with Crippen LogP contribution in [0.5, 0.6) is 0 Å². The molecule has 0 bridgehead atoms. The van der Waals surface area contributed by atoms with Crippen molar-refractivity contribution >= 4 is 29.4 Å². The van der Waals surface area contributed by atoms with Gasteiger partial charge in [0, 0.05) is 0 Å². The standard InChI is InChI=1S/C30H26N4O9/c31-21-24(32)33-30(39)34(25(21)35)26-23(43-29(38)19-14-8-3-9-15-19)22(42-28(37)18-12-6-2-7-13-18)20(41-26)16-40-27(36)17-10-4-1-5-11-17/h1-15,20,22-23,26H,16,31-32H2,(H,33,39). The first-order valence-electron chi connectivity index (χ1n) is 13.0. The number of nitrogen functional groups attached to an aromatic ring is 2. The molecule has 13 heteroatoms. The number of benzene rings is 3. The van der Waals surface area contributed by atoms with Gasteiger partial charge in [-0.3, -0.25) is 9.78 Å². The van der Waals surface area contributed by atoms with Crippen LogP contribution >= 0.6 is 0 Å². The summed E-state index contributed by atoms with van der Waals surface area (Å²) in [4.78, 5) is 67.5. The second-order valence-corrected chi connectivity index (χ2v) is 9.43. The van der Waals surface area contributed by atoms with Crippen molar-refractivity contribution in [1.82, 2.24) is 9.55 Å². The summed E-state index contributed by atoms with van der Waals surface area (Å²) in [6, 6.07) is 23.9. The molecule has 220 valence electrons. The van der Waals surface area contributed by atoms with Gasteiger partial charge in [-0.25, -0.2) is 23.7 Å². The summed E-state index contributed by atoms with van der Waals surface area (Å²) in [5.41, 5.74) is 9.42. The molecule has 1 fully saturated rings. The lowest BCUT2D eigenvalue weighted by molar-refractivity contribution is -0.0651. The topological polar surface area (TPSA) is 195 Å². The summed E-state index contributed by atoms with van der Waals surface area (Å²) in [6.45, 7) is -0.506. The van der Waals surface area contributed by atoms with Crippen LogP contribution in [0, 0.1) is 0 Å². The minimum atomic E-state index is -1.67. The van der Waals surface area contributed by atoms with Crippen molar-refractivity contribution in [2.75, 3.05) is 18.1 Å². The average Bonchev–Trinajstić information content (AvgIpc) is 3.35. The molecule has 0 amide bonds. The van der Waals surface area contributed by atoms with Gasteiger partial charge in [0.1, 0.15) is 24.2 Å². The fraction of sp³-hybridized carbons (Fsp3) is 0.167. The molecule has 5 N–H and O–H groups in total. The molecule has 0 aliphatic carbocycles. The molecule has 4 unspecified atom stereocenters. The Morgan fingerprint density at radius 3 is 1.70 bits per heavy atom. The number of H-pyrrole nitrogens is 1. The zero-order valence-corrected chi connectivity index (χ0v) is 22.5. The van der Waals surface area contributed by atoms with Crippen molar-refractivity contribution in [1.29, 1.82) is 0 Å². The fourth-order valence-corrected chi connectivity index (χ4v) is 4.48. The Bertz CT molecular complexity index is 1740. The predicted molar refractivity (Wildman–Crippen MR) is 152 cm³/mol. The lowest BCUT2D eigenvalue weighted by Crippen LogP contribution is -2.46. The smallest absolute Gasteiger partial charge is 0.338 e. The largest absolute Gasteiger partial charge is 0.459 e. The van der Waals surface area contributed by atoms with Crippen molar-refractivity contribution < 1.29 is 33.3 Å². The van der Waals surface area contributed by atoms with E-state index in [1.807, 2.05) is 0 Å². The number of nitrogens with two attached hydrogens (primary N) is 2. The number of carbonyl (C=O) groups is 3. The van der Waals surface area contributed by atoms with E-state index in [2.05, 4.69) is 4.98 Å². The molecule has 1 aliphatic heterocycles. The third kappa shape index (κ3) is 6.16. The number of anilines is 2. The van der Waals surface area contributed by atoms with Gasteiger partial charge in [-0.05, 0) is 36.4 Å². The average molecular weight is 587 g/mol. The molecular weight excluding hydrogens is 560 g/mol. The maximum atomic E-state index is 13.2. The minimum Gasteiger partial charge on any atom is -0.459 e. The van der Waals surface area contributed by atoms with E-state index in [0.29, 0.717) is 4.57 Å². The molecule has 5 rings (SSSR count). The van der Waals surface area contributed by atoms with Crippen LogP contribution < -0.4 is 22.7 Å². The number of nitrogens with one attached hydrogen (secondary N) is 1. The van der Waals surface area contributed by atoms with Gasteiger partial charge in [0.25, 0.3) is 5.56 Å². The molecular formula is C30H26N4O9. The first-order valence-corrected chi connectivity index (χ1v) is 13.0. The van der Waals surface area contributed by atoms with Gasteiger partial charge < -0.3 is 30.4 Å². The van der Waals surface area contributed by atoms with Gasteiger partial charge in [-0.1, -0.05) is 54.6 Å². The molecule has 4 aromatic rings. The summed E-state index contributed by atoms with van der Waals surface area (Å²) < 4.78 is 23.5. The van der Waals surface area contributed by atoms with E-state index >= 15 is 0 Å². The number of aromatic amines is 1. The number of hydrogen-bond donors (Lipinski definition) is 3. The van der Waals surface area contributed by atoms with Crippen molar-refractivity contribution in [2.45, 2.75) is 24.5 Å². The van der Waals surface area contributed by atoms with Crippen LogP contribution in [0.4, 0.5) is 11.5 Å². The Labute approximate surface area is 243 Å². The van der Waals surface area contributed by atoms with Crippen LogP contribution in [0.2, 0.25) is 0 Å². The normalized spacial score (nSPS) is 19.3. The lowest BCUT2D eigenvalue weighted by Gasteiger charge is -2.25. The maximum Gasteiger partial charge on any atom is 0.338 e. The molecule has 4 atom stereocenters. The van der Waals surface area contributed by atoms with Crippen LogP contribution in [-0.4, -0.2) is 52.4 Å². The summed E-state index contributed by atoms with van der Waals surface area (Å²) in [5.74, 6) is -2.78. The second kappa shape index (κ2) is 12.4. The number of esters is 3. The molecule has 0 radical (unpaired) electrons. The van der Waals surface area contributed by atoms with Crippen molar-refractivity contribution in [3.63, 3.8) is 0 Å². The van der Waals surface area contributed by atoms with Crippen LogP contribution in [0.1, 0.15) is 37.3 Å². The van der Waals surface area contributed by atoms with E-state index in [-0.39, 0.29) is 22.5 Å². The zero-order chi connectivity index (χ0) is 30.5. The van der Waals surface area contributed by atoms with E-state index in [4.69, 9.17) is 30.4 Å². The van der Waals surface area contributed by atoms with Crippen LogP contribution in [0.3, 0.4) is 0 Å². The zero-order valence-electron chi connectivity index (χ0n) is 22.5. The first kappa shape index (κ1) is 28.8. The highest BCUT2D eigenvalue weighted by Gasteiger charge is 2.52. The second-order valence-electron chi connectivity index (χ2n) is 9.43. The molecule has 43 heavy (non-hydrogen) atoms. The number of nitrogens with zero attached hydrogens (tertiary/aromatic N) is 1. The maximum absolute atomic E-state index is 13.2. The van der Waals surface area contributed by atoms with Crippen LogP contribution in [-0.2, 0) is 18.9 Å². The van der Waals surface area contributed by atoms with Crippen LogP contribution in [0.25, 0.3) is 0 Å². The van der Waals surface area contributed by atoms with Gasteiger partial charge in [0.05, 0.1) is 16.7 Å². The Kier molecular flexibility index (Phi) is 8.34. The van der Waals surface area contributed by atoms with E-state index in [1.54, 1.807) is 54.6 Å². The minimum absolute atomic E-state index is 0.131. The molecule has 3 aromatic carbocycles.